The number of nitrogens with zero attached hydrogens (tertiary/aromatic N) is 1. The summed E-state index contributed by atoms with van der Waals surface area (Å²) in [4.78, 5) is 12.3. The van der Waals surface area contributed by atoms with E-state index in [0.717, 1.165) is 5.56 Å². The molecule has 24 heavy (non-hydrogen) atoms. The van der Waals surface area contributed by atoms with Crippen LogP contribution in [0.15, 0.2) is 46.1 Å². The molecule has 1 amide bonds. The molecule has 1 aliphatic rings. The summed E-state index contributed by atoms with van der Waals surface area (Å²) in [5.41, 5.74) is 1.60. The predicted octanol–water partition coefficient (Wildman–Crippen LogP) is 1.86. The largest absolute Gasteiger partial charge is 0.472 e. The first-order chi connectivity index (χ1) is 11.5. The van der Waals surface area contributed by atoms with Crippen LogP contribution in [-0.4, -0.2) is 44.9 Å². The van der Waals surface area contributed by atoms with Crippen molar-refractivity contribution in [3.8, 4) is 0 Å². The van der Waals surface area contributed by atoms with Gasteiger partial charge in [-0.3, -0.25) is 4.79 Å². The van der Waals surface area contributed by atoms with Crippen LogP contribution in [0, 0.1) is 6.92 Å². The van der Waals surface area contributed by atoms with E-state index in [-0.39, 0.29) is 10.8 Å². The highest BCUT2D eigenvalue weighted by Gasteiger charge is 2.27. The van der Waals surface area contributed by atoms with Crippen molar-refractivity contribution in [2.45, 2.75) is 11.8 Å². The van der Waals surface area contributed by atoms with Crippen LogP contribution in [-0.2, 0) is 14.8 Å². The lowest BCUT2D eigenvalue weighted by Gasteiger charge is -2.26. The van der Waals surface area contributed by atoms with Gasteiger partial charge in [-0.05, 0) is 30.7 Å². The van der Waals surface area contributed by atoms with Crippen molar-refractivity contribution in [2.24, 2.45) is 0 Å². The van der Waals surface area contributed by atoms with E-state index in [1.54, 1.807) is 25.1 Å². The molecule has 1 aromatic heterocycles. The molecule has 0 saturated carbocycles. The van der Waals surface area contributed by atoms with E-state index in [9.17, 15) is 13.2 Å². The molecule has 3 rings (SSSR count). The SMILES string of the molecule is Cc1ccc(S(=O)(=O)N2CCOCC2)cc1NC(=O)c1ccoc1. The lowest BCUT2D eigenvalue weighted by molar-refractivity contribution is 0.0730. The molecular weight excluding hydrogens is 332 g/mol. The average Bonchev–Trinajstić information content (AvgIpc) is 3.12. The van der Waals surface area contributed by atoms with Gasteiger partial charge < -0.3 is 14.5 Å². The number of furan rings is 1. The number of hydrogen-bond donors (Lipinski definition) is 1. The quantitative estimate of drug-likeness (QED) is 0.909. The third-order valence-electron chi connectivity index (χ3n) is 3.85. The van der Waals surface area contributed by atoms with E-state index in [4.69, 9.17) is 9.15 Å². The summed E-state index contributed by atoms with van der Waals surface area (Å²) in [7, 11) is -3.61. The number of morpholine rings is 1. The van der Waals surface area contributed by atoms with Crippen LogP contribution in [0.5, 0.6) is 0 Å². The van der Waals surface area contributed by atoms with Crippen molar-refractivity contribution in [1.29, 1.82) is 0 Å². The Kier molecular flexibility index (Phi) is 4.70. The number of ether oxygens (including phenoxy) is 1. The van der Waals surface area contributed by atoms with Gasteiger partial charge in [0, 0.05) is 18.8 Å². The molecule has 0 atom stereocenters. The number of carbonyl (C=O) groups is 1. The summed E-state index contributed by atoms with van der Waals surface area (Å²) in [5.74, 6) is -0.354. The summed E-state index contributed by atoms with van der Waals surface area (Å²) < 4.78 is 36.9. The van der Waals surface area contributed by atoms with Crippen molar-refractivity contribution in [1.82, 2.24) is 4.31 Å². The topological polar surface area (TPSA) is 88.9 Å². The van der Waals surface area contributed by atoms with Gasteiger partial charge in [-0.15, -0.1) is 0 Å². The highest BCUT2D eigenvalue weighted by atomic mass is 32.2. The van der Waals surface area contributed by atoms with E-state index < -0.39 is 10.0 Å². The molecule has 8 heteroatoms. The maximum absolute atomic E-state index is 12.7. The first kappa shape index (κ1) is 16.7. The summed E-state index contributed by atoms with van der Waals surface area (Å²) in [6.45, 7) is 3.22. The molecule has 0 unspecified atom stereocenters. The van der Waals surface area contributed by atoms with Gasteiger partial charge in [0.05, 0.1) is 29.9 Å². The number of hydrogen-bond acceptors (Lipinski definition) is 5. The Bertz CT molecular complexity index is 824. The highest BCUT2D eigenvalue weighted by molar-refractivity contribution is 7.89. The number of rotatable bonds is 4. The molecule has 1 aromatic carbocycles. The molecule has 7 nitrogen and oxygen atoms in total. The van der Waals surface area contributed by atoms with Crippen molar-refractivity contribution in [2.75, 3.05) is 31.6 Å². The Morgan fingerprint density at radius 3 is 2.62 bits per heavy atom. The monoisotopic (exact) mass is 350 g/mol. The van der Waals surface area contributed by atoms with Gasteiger partial charge in [-0.2, -0.15) is 4.31 Å². The minimum atomic E-state index is -3.61. The van der Waals surface area contributed by atoms with E-state index in [1.165, 1.54) is 22.9 Å². The van der Waals surface area contributed by atoms with Gasteiger partial charge in [-0.1, -0.05) is 6.07 Å². The van der Waals surface area contributed by atoms with Gasteiger partial charge in [0.15, 0.2) is 0 Å². The Morgan fingerprint density at radius 2 is 1.96 bits per heavy atom. The van der Waals surface area contributed by atoms with Crippen molar-refractivity contribution >= 4 is 21.6 Å². The lowest BCUT2D eigenvalue weighted by Crippen LogP contribution is -2.40. The molecular formula is C16H18N2O5S. The normalized spacial score (nSPS) is 16.0. The summed E-state index contributed by atoms with van der Waals surface area (Å²) >= 11 is 0. The van der Waals surface area contributed by atoms with Gasteiger partial charge in [-0.25, -0.2) is 8.42 Å². The maximum Gasteiger partial charge on any atom is 0.258 e. The average molecular weight is 350 g/mol. The molecule has 2 heterocycles. The van der Waals surface area contributed by atoms with Crippen LogP contribution < -0.4 is 5.32 Å². The molecule has 0 bridgehead atoms. The van der Waals surface area contributed by atoms with E-state index in [1.807, 2.05) is 0 Å². The molecule has 1 fully saturated rings. The van der Waals surface area contributed by atoms with Gasteiger partial charge in [0.25, 0.3) is 5.91 Å². The summed E-state index contributed by atoms with van der Waals surface area (Å²) in [6, 6.07) is 6.25. The zero-order valence-corrected chi connectivity index (χ0v) is 14.0. The van der Waals surface area contributed by atoms with Crippen molar-refractivity contribution in [3.63, 3.8) is 0 Å². The van der Waals surface area contributed by atoms with Crippen LogP contribution in [0.1, 0.15) is 15.9 Å². The van der Waals surface area contributed by atoms with Crippen LogP contribution in [0.25, 0.3) is 0 Å². The minimum absolute atomic E-state index is 0.150. The van der Waals surface area contributed by atoms with E-state index >= 15 is 0 Å². The fraction of sp³-hybridized carbons (Fsp3) is 0.312. The second-order valence-corrected chi connectivity index (χ2v) is 7.40. The van der Waals surface area contributed by atoms with Crippen LogP contribution in [0.2, 0.25) is 0 Å². The molecule has 0 spiro atoms. The zero-order chi connectivity index (χ0) is 17.2. The number of benzene rings is 1. The van der Waals surface area contributed by atoms with Gasteiger partial charge in [0.2, 0.25) is 10.0 Å². The molecule has 0 radical (unpaired) electrons. The summed E-state index contributed by atoms with van der Waals surface area (Å²) in [6.07, 6.45) is 2.74. The third kappa shape index (κ3) is 3.35. The first-order valence-electron chi connectivity index (χ1n) is 7.50. The Hall–Kier alpha value is -2.16. The fourth-order valence-electron chi connectivity index (χ4n) is 2.42. The summed E-state index contributed by atoms with van der Waals surface area (Å²) in [5, 5.41) is 2.72. The lowest BCUT2D eigenvalue weighted by atomic mass is 10.2. The van der Waals surface area contributed by atoms with Crippen molar-refractivity contribution < 1.29 is 22.4 Å². The number of sulfonamides is 1. The van der Waals surface area contributed by atoms with Crippen LogP contribution in [0.4, 0.5) is 5.69 Å². The Balaban J connectivity index is 1.87. The zero-order valence-electron chi connectivity index (χ0n) is 13.2. The molecule has 1 N–H and O–H groups in total. The standard InChI is InChI=1S/C16H18N2O5S/c1-12-2-3-14(24(20,21)18-5-8-22-9-6-18)10-15(12)17-16(19)13-4-7-23-11-13/h2-4,7,10-11H,5-6,8-9H2,1H3,(H,17,19). The Morgan fingerprint density at radius 1 is 1.21 bits per heavy atom. The molecule has 128 valence electrons. The fourth-order valence-corrected chi connectivity index (χ4v) is 3.86. The van der Waals surface area contributed by atoms with Gasteiger partial charge in [0.1, 0.15) is 6.26 Å². The smallest absolute Gasteiger partial charge is 0.258 e. The first-order valence-corrected chi connectivity index (χ1v) is 8.94. The second-order valence-electron chi connectivity index (χ2n) is 5.46. The molecule has 0 aliphatic carbocycles. The predicted molar refractivity (Wildman–Crippen MR) is 87.4 cm³/mol. The number of amides is 1. The second kappa shape index (κ2) is 6.76. The number of carbonyl (C=O) groups excluding carboxylic acids is 1. The number of nitrogens with one attached hydrogen (secondary N) is 1. The van der Waals surface area contributed by atoms with E-state index in [0.29, 0.717) is 37.6 Å². The van der Waals surface area contributed by atoms with Crippen molar-refractivity contribution in [3.05, 3.63) is 47.9 Å². The number of anilines is 1. The minimum Gasteiger partial charge on any atom is -0.472 e. The molecule has 2 aromatic rings. The molecule has 1 aliphatic heterocycles. The Labute approximate surface area is 140 Å². The highest BCUT2D eigenvalue weighted by Crippen LogP contribution is 2.24. The third-order valence-corrected chi connectivity index (χ3v) is 5.74. The van der Waals surface area contributed by atoms with Crippen LogP contribution >= 0.6 is 0 Å². The van der Waals surface area contributed by atoms with Crippen LogP contribution in [0.3, 0.4) is 0 Å². The molecule has 1 saturated heterocycles. The van der Waals surface area contributed by atoms with E-state index in [2.05, 4.69) is 5.32 Å². The van der Waals surface area contributed by atoms with Gasteiger partial charge >= 0.3 is 0 Å². The number of aryl methyl sites for hydroxylation is 1. The maximum atomic E-state index is 12.7.